The molecule has 1 fully saturated rings. The Morgan fingerprint density at radius 2 is 2.23 bits per heavy atom. The van der Waals surface area contributed by atoms with E-state index in [4.69, 9.17) is 4.42 Å². The van der Waals surface area contributed by atoms with Crippen LogP contribution in [-0.2, 0) is 6.54 Å². The molecule has 2 N–H and O–H groups in total. The smallest absolute Gasteiger partial charge is 0.134 e. The molecule has 1 aromatic heterocycles. The number of aliphatic hydroxyl groups is 1. The van der Waals surface area contributed by atoms with E-state index < -0.39 is 5.60 Å². The van der Waals surface area contributed by atoms with Gasteiger partial charge in [-0.05, 0) is 42.9 Å². The van der Waals surface area contributed by atoms with Crippen LogP contribution < -0.4 is 5.32 Å². The van der Waals surface area contributed by atoms with Gasteiger partial charge >= 0.3 is 0 Å². The largest absolute Gasteiger partial charge is 0.460 e. The summed E-state index contributed by atoms with van der Waals surface area (Å²) in [5.41, 5.74) is 0.768. The van der Waals surface area contributed by atoms with Crippen LogP contribution in [0.2, 0.25) is 0 Å². The number of nitrogens with one attached hydrogen (secondary N) is 1. The van der Waals surface area contributed by atoms with Crippen LogP contribution in [0.1, 0.15) is 17.7 Å². The van der Waals surface area contributed by atoms with Crippen molar-refractivity contribution >= 4 is 11.8 Å². The number of rotatable bonds is 5. The fourth-order valence-electron chi connectivity index (χ4n) is 2.65. The molecule has 3 nitrogen and oxygen atoms in total. The first-order chi connectivity index (χ1) is 10.6. The van der Waals surface area contributed by atoms with Gasteiger partial charge in [0, 0.05) is 17.9 Å². The predicted molar refractivity (Wildman–Crippen MR) is 87.4 cm³/mol. The predicted octanol–water partition coefficient (Wildman–Crippen LogP) is 3.35. The summed E-state index contributed by atoms with van der Waals surface area (Å²) in [5, 5.41) is 13.5. The highest BCUT2D eigenvalue weighted by Crippen LogP contribution is 2.28. The normalized spacial score (nSPS) is 21.4. The third-order valence-corrected chi connectivity index (χ3v) is 5.26. The zero-order chi connectivity index (χ0) is 15.6. The third kappa shape index (κ3) is 3.37. The molecule has 1 atom stereocenters. The zero-order valence-corrected chi connectivity index (χ0v) is 13.4. The Morgan fingerprint density at radius 1 is 1.36 bits per heavy atom. The molecule has 3 rings (SSSR count). The number of thioether (sulfide) groups is 1. The Labute approximate surface area is 133 Å². The SMILES string of the molecule is Cc1c(F)cccc1-c1ccc(CNCC2(O)CCSC2)o1. The minimum Gasteiger partial charge on any atom is -0.460 e. The highest BCUT2D eigenvalue weighted by molar-refractivity contribution is 7.99. The summed E-state index contributed by atoms with van der Waals surface area (Å²) in [7, 11) is 0. The fraction of sp³-hybridized carbons (Fsp3) is 0.412. The van der Waals surface area contributed by atoms with Crippen LogP contribution in [0, 0.1) is 12.7 Å². The van der Waals surface area contributed by atoms with Gasteiger partial charge in [0.1, 0.15) is 17.3 Å². The molecule has 1 unspecified atom stereocenters. The summed E-state index contributed by atoms with van der Waals surface area (Å²) in [6.07, 6.45) is 0.830. The molecule has 0 spiro atoms. The summed E-state index contributed by atoms with van der Waals surface area (Å²) in [4.78, 5) is 0. The van der Waals surface area contributed by atoms with Crippen LogP contribution in [0.15, 0.2) is 34.7 Å². The van der Waals surface area contributed by atoms with Crippen molar-refractivity contribution < 1.29 is 13.9 Å². The molecule has 5 heteroatoms. The molecule has 118 valence electrons. The van der Waals surface area contributed by atoms with Gasteiger partial charge in [0.15, 0.2) is 0 Å². The van der Waals surface area contributed by atoms with Crippen LogP contribution in [0.5, 0.6) is 0 Å². The van der Waals surface area contributed by atoms with Crippen LogP contribution in [0.3, 0.4) is 0 Å². The number of hydrogen-bond acceptors (Lipinski definition) is 4. The van der Waals surface area contributed by atoms with E-state index in [0.717, 1.165) is 29.3 Å². The molecular weight excluding hydrogens is 301 g/mol. The van der Waals surface area contributed by atoms with Crippen molar-refractivity contribution in [3.8, 4) is 11.3 Å². The van der Waals surface area contributed by atoms with Crippen LogP contribution in [-0.4, -0.2) is 28.8 Å². The second-order valence-electron chi connectivity index (χ2n) is 5.81. The Balaban J connectivity index is 1.63. The molecule has 1 aromatic carbocycles. The summed E-state index contributed by atoms with van der Waals surface area (Å²) < 4.78 is 19.4. The van der Waals surface area contributed by atoms with Gasteiger partial charge in [-0.2, -0.15) is 11.8 Å². The quantitative estimate of drug-likeness (QED) is 0.886. The maximum atomic E-state index is 13.6. The Hall–Kier alpha value is -1.30. The lowest BCUT2D eigenvalue weighted by Gasteiger charge is -2.21. The first-order valence-electron chi connectivity index (χ1n) is 7.42. The van der Waals surface area contributed by atoms with Crippen LogP contribution >= 0.6 is 11.8 Å². The third-order valence-electron chi connectivity index (χ3n) is 4.03. The zero-order valence-electron chi connectivity index (χ0n) is 12.6. The van der Waals surface area contributed by atoms with Crippen molar-refractivity contribution in [2.75, 3.05) is 18.1 Å². The first-order valence-corrected chi connectivity index (χ1v) is 8.58. The maximum absolute atomic E-state index is 13.6. The van der Waals surface area contributed by atoms with Crippen molar-refractivity contribution in [3.63, 3.8) is 0 Å². The van der Waals surface area contributed by atoms with Gasteiger partial charge in [-0.15, -0.1) is 0 Å². The van der Waals surface area contributed by atoms with E-state index in [2.05, 4.69) is 5.32 Å². The summed E-state index contributed by atoms with van der Waals surface area (Å²) >= 11 is 1.78. The lowest BCUT2D eigenvalue weighted by Crippen LogP contribution is -2.40. The van der Waals surface area contributed by atoms with Gasteiger partial charge in [-0.25, -0.2) is 4.39 Å². The molecule has 2 heterocycles. The molecule has 22 heavy (non-hydrogen) atoms. The lowest BCUT2D eigenvalue weighted by atomic mass is 10.0. The minimum absolute atomic E-state index is 0.227. The van der Waals surface area contributed by atoms with E-state index in [1.54, 1.807) is 24.8 Å². The molecule has 0 saturated carbocycles. The number of halogens is 1. The topological polar surface area (TPSA) is 45.4 Å². The summed E-state index contributed by atoms with van der Waals surface area (Å²) in [5.74, 6) is 3.03. The standard InChI is InChI=1S/C17H20FNO2S/c1-12-14(3-2-4-15(12)18)16-6-5-13(21-16)9-19-10-17(20)7-8-22-11-17/h2-6,19-20H,7-11H2,1H3. The average Bonchev–Trinajstić information content (AvgIpc) is 3.12. The van der Waals surface area contributed by atoms with Crippen molar-refractivity contribution in [2.24, 2.45) is 0 Å². The van der Waals surface area contributed by atoms with Gasteiger partial charge < -0.3 is 14.8 Å². The highest BCUT2D eigenvalue weighted by Gasteiger charge is 2.31. The first kappa shape index (κ1) is 15.6. The number of benzene rings is 1. The van der Waals surface area contributed by atoms with E-state index in [1.807, 2.05) is 18.2 Å². The van der Waals surface area contributed by atoms with E-state index in [1.165, 1.54) is 6.07 Å². The van der Waals surface area contributed by atoms with Crippen molar-refractivity contribution in [1.82, 2.24) is 5.32 Å². The summed E-state index contributed by atoms with van der Waals surface area (Å²) in [6.45, 7) is 2.87. The molecule has 1 saturated heterocycles. The summed E-state index contributed by atoms with van der Waals surface area (Å²) in [6, 6.07) is 8.74. The van der Waals surface area contributed by atoms with E-state index in [9.17, 15) is 9.50 Å². The lowest BCUT2D eigenvalue weighted by molar-refractivity contribution is 0.0670. The van der Waals surface area contributed by atoms with Crippen molar-refractivity contribution in [3.05, 3.63) is 47.5 Å². The molecule has 1 aliphatic rings. The van der Waals surface area contributed by atoms with E-state index >= 15 is 0 Å². The van der Waals surface area contributed by atoms with Gasteiger partial charge in [0.25, 0.3) is 0 Å². The fourth-order valence-corrected chi connectivity index (χ4v) is 3.94. The van der Waals surface area contributed by atoms with Crippen LogP contribution in [0.25, 0.3) is 11.3 Å². The Bertz CT molecular complexity index is 650. The molecule has 0 radical (unpaired) electrons. The van der Waals surface area contributed by atoms with Crippen LogP contribution in [0.4, 0.5) is 4.39 Å². The monoisotopic (exact) mass is 321 g/mol. The molecule has 0 aliphatic carbocycles. The average molecular weight is 321 g/mol. The molecule has 0 bridgehead atoms. The Morgan fingerprint density at radius 3 is 3.00 bits per heavy atom. The number of furan rings is 1. The van der Waals surface area contributed by atoms with Gasteiger partial charge in [0.05, 0.1) is 12.1 Å². The molecular formula is C17H20FNO2S. The van der Waals surface area contributed by atoms with Crippen molar-refractivity contribution in [1.29, 1.82) is 0 Å². The molecule has 0 amide bonds. The number of hydrogen-bond donors (Lipinski definition) is 2. The van der Waals surface area contributed by atoms with E-state index in [-0.39, 0.29) is 5.82 Å². The van der Waals surface area contributed by atoms with Crippen molar-refractivity contribution in [2.45, 2.75) is 25.5 Å². The second kappa shape index (κ2) is 6.44. The van der Waals surface area contributed by atoms with Gasteiger partial charge in [-0.3, -0.25) is 0 Å². The molecule has 1 aliphatic heterocycles. The second-order valence-corrected chi connectivity index (χ2v) is 6.91. The minimum atomic E-state index is -0.598. The maximum Gasteiger partial charge on any atom is 0.134 e. The highest BCUT2D eigenvalue weighted by atomic mass is 32.2. The Kier molecular flexibility index (Phi) is 4.57. The molecule has 2 aromatic rings. The van der Waals surface area contributed by atoms with Gasteiger partial charge in [0.2, 0.25) is 0 Å². The van der Waals surface area contributed by atoms with E-state index in [0.29, 0.717) is 24.4 Å². The van der Waals surface area contributed by atoms with Gasteiger partial charge in [-0.1, -0.05) is 12.1 Å².